The van der Waals surface area contributed by atoms with E-state index in [9.17, 15) is 13.2 Å². The zero-order chi connectivity index (χ0) is 14.9. The van der Waals surface area contributed by atoms with Crippen LogP contribution in [0.15, 0.2) is 12.3 Å². The van der Waals surface area contributed by atoms with Crippen LogP contribution in [-0.4, -0.2) is 19.7 Å². The number of nitrogens with zero attached hydrogens (tertiary/aromatic N) is 4. The number of rotatable bonds is 3. The van der Waals surface area contributed by atoms with Gasteiger partial charge < -0.3 is 0 Å². The first kappa shape index (κ1) is 14.3. The number of aromatic nitrogens is 4. The van der Waals surface area contributed by atoms with Crippen LogP contribution in [-0.2, 0) is 12.7 Å². The second kappa shape index (κ2) is 5.08. The van der Waals surface area contributed by atoms with E-state index in [4.69, 9.17) is 5.84 Å². The average molecular weight is 286 g/mol. The van der Waals surface area contributed by atoms with Gasteiger partial charge in [-0.1, -0.05) is 0 Å². The molecule has 2 heterocycles. The van der Waals surface area contributed by atoms with Crippen LogP contribution in [0.3, 0.4) is 0 Å². The van der Waals surface area contributed by atoms with Crippen molar-refractivity contribution in [2.24, 2.45) is 5.84 Å². The molecule has 0 spiro atoms. The zero-order valence-electron chi connectivity index (χ0n) is 10.9. The Morgan fingerprint density at radius 1 is 1.35 bits per heavy atom. The lowest BCUT2D eigenvalue weighted by atomic mass is 10.1. The molecule has 0 saturated heterocycles. The molecule has 20 heavy (non-hydrogen) atoms. The van der Waals surface area contributed by atoms with E-state index in [1.807, 2.05) is 12.3 Å². The molecule has 9 heteroatoms. The summed E-state index contributed by atoms with van der Waals surface area (Å²) < 4.78 is 40.0. The number of aryl methyl sites for hydroxylation is 2. The Bertz CT molecular complexity index is 619. The van der Waals surface area contributed by atoms with Crippen molar-refractivity contribution in [1.82, 2.24) is 19.7 Å². The molecule has 0 aromatic carbocycles. The Morgan fingerprint density at radius 3 is 2.55 bits per heavy atom. The molecule has 0 saturated carbocycles. The second-order valence-electron chi connectivity index (χ2n) is 4.09. The van der Waals surface area contributed by atoms with Gasteiger partial charge in [-0.2, -0.15) is 18.3 Å². The van der Waals surface area contributed by atoms with Gasteiger partial charge in [-0.3, -0.25) is 10.1 Å². The predicted molar refractivity (Wildman–Crippen MR) is 66.5 cm³/mol. The molecule has 0 radical (unpaired) electrons. The smallest absolute Gasteiger partial charge is 0.292 e. The van der Waals surface area contributed by atoms with Gasteiger partial charge in [0, 0.05) is 18.3 Å². The first-order valence-corrected chi connectivity index (χ1v) is 5.82. The molecule has 0 aliphatic carbocycles. The Morgan fingerprint density at radius 2 is 2.05 bits per heavy atom. The lowest BCUT2D eigenvalue weighted by Crippen LogP contribution is -2.15. The summed E-state index contributed by atoms with van der Waals surface area (Å²) in [7, 11) is 0. The molecule has 0 fully saturated rings. The van der Waals surface area contributed by atoms with Crippen LogP contribution < -0.4 is 11.3 Å². The summed E-state index contributed by atoms with van der Waals surface area (Å²) in [5.74, 6) is 4.82. The third-order valence-electron chi connectivity index (χ3n) is 2.69. The van der Waals surface area contributed by atoms with Gasteiger partial charge in [0.1, 0.15) is 0 Å². The molecule has 2 rings (SSSR count). The van der Waals surface area contributed by atoms with Crippen LogP contribution in [0.2, 0.25) is 0 Å². The Hall–Kier alpha value is -2.16. The Kier molecular flexibility index (Phi) is 3.62. The van der Waals surface area contributed by atoms with Crippen molar-refractivity contribution >= 4 is 5.95 Å². The van der Waals surface area contributed by atoms with Crippen LogP contribution in [0.25, 0.3) is 11.3 Å². The van der Waals surface area contributed by atoms with E-state index in [0.717, 1.165) is 6.07 Å². The molecule has 0 unspecified atom stereocenters. The number of nitrogens with one attached hydrogen (secondary N) is 1. The number of nitrogens with two attached hydrogens (primary N) is 1. The Labute approximate surface area is 112 Å². The van der Waals surface area contributed by atoms with Gasteiger partial charge in [0.2, 0.25) is 5.95 Å². The van der Waals surface area contributed by atoms with Crippen molar-refractivity contribution in [3.05, 3.63) is 23.7 Å². The maximum absolute atomic E-state index is 12.8. The number of hydrogen-bond donors (Lipinski definition) is 2. The quantitative estimate of drug-likeness (QED) is 0.666. The standard InChI is InChI=1S/C11H13F3N6/c1-3-20-5-7(6(2)19-20)8-4-9(11(12,13)14)17-10(16-8)18-15/h4-5H,3,15H2,1-2H3,(H,16,17,18). The van der Waals surface area contributed by atoms with E-state index in [-0.39, 0.29) is 11.6 Å². The maximum Gasteiger partial charge on any atom is 0.433 e. The van der Waals surface area contributed by atoms with Crippen molar-refractivity contribution in [1.29, 1.82) is 0 Å². The number of nitrogen functional groups attached to an aromatic ring is 1. The number of alkyl halides is 3. The van der Waals surface area contributed by atoms with Crippen molar-refractivity contribution in [3.8, 4) is 11.3 Å². The van der Waals surface area contributed by atoms with E-state index in [1.165, 1.54) is 0 Å². The van der Waals surface area contributed by atoms with E-state index >= 15 is 0 Å². The van der Waals surface area contributed by atoms with Gasteiger partial charge in [-0.25, -0.2) is 15.8 Å². The molecule has 0 aliphatic rings. The zero-order valence-corrected chi connectivity index (χ0v) is 10.9. The third-order valence-corrected chi connectivity index (χ3v) is 2.69. The molecule has 0 bridgehead atoms. The summed E-state index contributed by atoms with van der Waals surface area (Å²) in [5, 5.41) is 4.18. The molecule has 108 valence electrons. The first-order valence-electron chi connectivity index (χ1n) is 5.82. The lowest BCUT2D eigenvalue weighted by molar-refractivity contribution is -0.141. The maximum atomic E-state index is 12.8. The summed E-state index contributed by atoms with van der Waals surface area (Å²) in [5.41, 5.74) is 2.20. The number of hydrazine groups is 1. The van der Waals surface area contributed by atoms with E-state index in [2.05, 4.69) is 15.1 Å². The van der Waals surface area contributed by atoms with Crippen LogP contribution in [0.4, 0.5) is 19.1 Å². The Balaban J connectivity index is 2.58. The largest absolute Gasteiger partial charge is 0.433 e. The number of halogens is 3. The highest BCUT2D eigenvalue weighted by Gasteiger charge is 2.34. The summed E-state index contributed by atoms with van der Waals surface area (Å²) in [6.45, 7) is 4.19. The number of hydrogen-bond acceptors (Lipinski definition) is 5. The first-order chi connectivity index (χ1) is 9.35. The van der Waals surface area contributed by atoms with Gasteiger partial charge in [0.25, 0.3) is 0 Å². The van der Waals surface area contributed by atoms with Crippen LogP contribution in [0.1, 0.15) is 18.3 Å². The molecule has 2 aromatic heterocycles. The fourth-order valence-electron chi connectivity index (χ4n) is 1.73. The topological polar surface area (TPSA) is 81.7 Å². The highest BCUT2D eigenvalue weighted by Crippen LogP contribution is 2.31. The van der Waals surface area contributed by atoms with Gasteiger partial charge in [0.05, 0.1) is 11.4 Å². The highest BCUT2D eigenvalue weighted by atomic mass is 19.4. The molecular formula is C11H13F3N6. The fourth-order valence-corrected chi connectivity index (χ4v) is 1.73. The van der Waals surface area contributed by atoms with Crippen molar-refractivity contribution in [2.45, 2.75) is 26.6 Å². The summed E-state index contributed by atoms with van der Waals surface area (Å²) in [4.78, 5) is 7.25. The molecule has 3 N–H and O–H groups in total. The third kappa shape index (κ3) is 2.72. The van der Waals surface area contributed by atoms with Crippen LogP contribution >= 0.6 is 0 Å². The van der Waals surface area contributed by atoms with Gasteiger partial charge in [0.15, 0.2) is 5.69 Å². The van der Waals surface area contributed by atoms with E-state index in [0.29, 0.717) is 17.8 Å². The molecule has 0 amide bonds. The van der Waals surface area contributed by atoms with Crippen molar-refractivity contribution in [3.63, 3.8) is 0 Å². The highest BCUT2D eigenvalue weighted by molar-refractivity contribution is 5.62. The predicted octanol–water partition coefficient (Wildman–Crippen LogP) is 1.97. The van der Waals surface area contributed by atoms with Crippen LogP contribution in [0, 0.1) is 6.92 Å². The SMILES string of the molecule is CCn1cc(-c2cc(C(F)(F)F)nc(NN)n2)c(C)n1. The minimum absolute atomic E-state index is 0.123. The minimum atomic E-state index is -4.57. The monoisotopic (exact) mass is 286 g/mol. The van der Waals surface area contributed by atoms with E-state index < -0.39 is 11.9 Å². The fraction of sp³-hybridized carbons (Fsp3) is 0.364. The van der Waals surface area contributed by atoms with Crippen molar-refractivity contribution in [2.75, 3.05) is 5.43 Å². The normalized spacial score (nSPS) is 11.7. The molecule has 0 aliphatic heterocycles. The van der Waals surface area contributed by atoms with Crippen LogP contribution in [0.5, 0.6) is 0 Å². The molecule has 6 nitrogen and oxygen atoms in total. The summed E-state index contributed by atoms with van der Waals surface area (Å²) in [6.07, 6.45) is -2.93. The minimum Gasteiger partial charge on any atom is -0.292 e. The molecule has 0 atom stereocenters. The second-order valence-corrected chi connectivity index (χ2v) is 4.09. The van der Waals surface area contributed by atoms with Gasteiger partial charge in [-0.15, -0.1) is 0 Å². The van der Waals surface area contributed by atoms with E-state index in [1.54, 1.807) is 17.8 Å². The molecule has 2 aromatic rings. The van der Waals surface area contributed by atoms with Gasteiger partial charge in [-0.05, 0) is 19.9 Å². The van der Waals surface area contributed by atoms with Crippen molar-refractivity contribution < 1.29 is 13.2 Å². The lowest BCUT2D eigenvalue weighted by Gasteiger charge is -2.09. The summed E-state index contributed by atoms with van der Waals surface area (Å²) >= 11 is 0. The average Bonchev–Trinajstić information content (AvgIpc) is 2.78. The number of anilines is 1. The van der Waals surface area contributed by atoms with Gasteiger partial charge >= 0.3 is 6.18 Å². The molecular weight excluding hydrogens is 273 g/mol. The summed E-state index contributed by atoms with van der Waals surface area (Å²) in [6, 6.07) is 0.880.